The molecule has 166 valence electrons. The number of aryl methyl sites for hydroxylation is 1. The van der Waals surface area contributed by atoms with Gasteiger partial charge in [-0.15, -0.1) is 5.10 Å². The second-order valence-corrected chi connectivity index (χ2v) is 8.37. The van der Waals surface area contributed by atoms with Crippen LogP contribution in [0.3, 0.4) is 0 Å². The summed E-state index contributed by atoms with van der Waals surface area (Å²) in [4.78, 5) is 7.28. The molecule has 0 fully saturated rings. The highest BCUT2D eigenvalue weighted by Gasteiger charge is 2.36. The summed E-state index contributed by atoms with van der Waals surface area (Å²) >= 11 is 0. The molecule has 2 heterocycles. The molecular formula is C19H14F4N6O2S. The summed E-state index contributed by atoms with van der Waals surface area (Å²) in [5, 5.41) is 6.34. The van der Waals surface area contributed by atoms with E-state index in [9.17, 15) is 26.0 Å². The van der Waals surface area contributed by atoms with Crippen LogP contribution in [-0.2, 0) is 16.2 Å². The molecule has 0 bridgehead atoms. The lowest BCUT2D eigenvalue weighted by Gasteiger charge is -2.11. The Labute approximate surface area is 179 Å². The second-order valence-electron chi connectivity index (χ2n) is 6.69. The molecular weight excluding hydrogens is 452 g/mol. The number of aromatic nitrogens is 4. The Kier molecular flexibility index (Phi) is 5.20. The molecule has 0 amide bonds. The number of nitrogens with one attached hydrogen (secondary N) is 2. The Hall–Kier alpha value is -3.74. The normalized spacial score (nSPS) is 12.2. The number of rotatable bonds is 5. The third kappa shape index (κ3) is 4.46. The van der Waals surface area contributed by atoms with Crippen molar-refractivity contribution in [3.8, 4) is 0 Å². The van der Waals surface area contributed by atoms with Crippen LogP contribution in [-0.4, -0.2) is 28.0 Å². The predicted octanol–water partition coefficient (Wildman–Crippen LogP) is 4.14. The van der Waals surface area contributed by atoms with Gasteiger partial charge in [-0.1, -0.05) is 0 Å². The number of sulfonamides is 1. The van der Waals surface area contributed by atoms with Gasteiger partial charge in [-0.3, -0.25) is 4.72 Å². The number of fused-ring (bicyclic) bond motifs is 1. The SMILES string of the molecule is Cc1cc(Nc2ccc(S(=O)(=O)Nc3ccc(F)cc3)cc2)n2nc(C(F)(F)F)nc2n1. The Balaban J connectivity index is 1.59. The Bertz CT molecular complexity index is 1380. The highest BCUT2D eigenvalue weighted by atomic mass is 32.2. The van der Waals surface area contributed by atoms with Gasteiger partial charge in [-0.2, -0.15) is 22.7 Å². The molecule has 32 heavy (non-hydrogen) atoms. The molecule has 2 aromatic heterocycles. The molecule has 4 rings (SSSR count). The van der Waals surface area contributed by atoms with E-state index in [1.165, 1.54) is 42.5 Å². The van der Waals surface area contributed by atoms with E-state index in [-0.39, 0.29) is 22.2 Å². The first-order valence-electron chi connectivity index (χ1n) is 8.98. The molecule has 0 aliphatic heterocycles. The van der Waals surface area contributed by atoms with Gasteiger partial charge in [0, 0.05) is 23.1 Å². The molecule has 2 aromatic carbocycles. The first-order chi connectivity index (χ1) is 15.0. The zero-order chi connectivity index (χ0) is 23.1. The minimum atomic E-state index is -4.73. The topological polar surface area (TPSA) is 101 Å². The van der Waals surface area contributed by atoms with Crippen molar-refractivity contribution in [2.24, 2.45) is 0 Å². The van der Waals surface area contributed by atoms with Gasteiger partial charge in [-0.25, -0.2) is 17.8 Å². The molecule has 0 saturated carbocycles. The Morgan fingerprint density at radius 1 is 0.938 bits per heavy atom. The van der Waals surface area contributed by atoms with E-state index >= 15 is 0 Å². The lowest BCUT2D eigenvalue weighted by Crippen LogP contribution is -2.13. The highest BCUT2D eigenvalue weighted by Crippen LogP contribution is 2.28. The van der Waals surface area contributed by atoms with Gasteiger partial charge in [0.15, 0.2) is 0 Å². The fourth-order valence-electron chi connectivity index (χ4n) is 2.79. The quantitative estimate of drug-likeness (QED) is 0.429. The fourth-order valence-corrected chi connectivity index (χ4v) is 3.85. The third-order valence-electron chi connectivity index (χ3n) is 4.23. The van der Waals surface area contributed by atoms with E-state index in [0.717, 1.165) is 16.6 Å². The largest absolute Gasteiger partial charge is 0.453 e. The first-order valence-corrected chi connectivity index (χ1v) is 10.5. The standard InChI is InChI=1S/C19H14F4N6O2S/c1-11-10-16(29-18(24-11)26-17(27-29)19(21,22)23)25-13-6-8-15(9-7-13)32(30,31)28-14-4-2-12(20)3-5-14/h2-10,25,28H,1H3. The molecule has 0 atom stereocenters. The number of halogens is 4. The van der Waals surface area contributed by atoms with Crippen LogP contribution in [0.15, 0.2) is 59.5 Å². The van der Waals surface area contributed by atoms with Gasteiger partial charge in [0.2, 0.25) is 0 Å². The maximum atomic E-state index is 13.0. The van der Waals surface area contributed by atoms with Crippen molar-refractivity contribution in [3.05, 3.63) is 71.9 Å². The van der Waals surface area contributed by atoms with Crippen molar-refractivity contribution in [1.82, 2.24) is 19.6 Å². The van der Waals surface area contributed by atoms with Gasteiger partial charge in [-0.05, 0) is 55.5 Å². The molecule has 0 aliphatic carbocycles. The molecule has 2 N–H and O–H groups in total. The van der Waals surface area contributed by atoms with Crippen molar-refractivity contribution in [1.29, 1.82) is 0 Å². The van der Waals surface area contributed by atoms with E-state index in [0.29, 0.717) is 11.4 Å². The molecule has 4 aromatic rings. The lowest BCUT2D eigenvalue weighted by atomic mass is 10.3. The molecule has 0 spiro atoms. The number of alkyl halides is 3. The van der Waals surface area contributed by atoms with Gasteiger partial charge in [0.05, 0.1) is 4.90 Å². The van der Waals surface area contributed by atoms with Crippen LogP contribution in [0, 0.1) is 12.7 Å². The Morgan fingerprint density at radius 3 is 2.19 bits per heavy atom. The van der Waals surface area contributed by atoms with Crippen molar-refractivity contribution in [2.75, 3.05) is 10.0 Å². The Morgan fingerprint density at radius 2 is 1.56 bits per heavy atom. The highest BCUT2D eigenvalue weighted by molar-refractivity contribution is 7.92. The molecule has 0 radical (unpaired) electrons. The van der Waals surface area contributed by atoms with E-state index in [4.69, 9.17) is 0 Å². The number of benzene rings is 2. The lowest BCUT2D eigenvalue weighted by molar-refractivity contribution is -0.144. The van der Waals surface area contributed by atoms with Crippen LogP contribution in [0.1, 0.15) is 11.5 Å². The third-order valence-corrected chi connectivity index (χ3v) is 5.62. The summed E-state index contributed by atoms with van der Waals surface area (Å²) in [6.07, 6.45) is -4.73. The summed E-state index contributed by atoms with van der Waals surface area (Å²) in [6.45, 7) is 1.59. The first kappa shape index (κ1) is 21.5. The summed E-state index contributed by atoms with van der Waals surface area (Å²) < 4.78 is 80.1. The summed E-state index contributed by atoms with van der Waals surface area (Å²) in [6, 6.07) is 11.8. The van der Waals surface area contributed by atoms with Gasteiger partial charge >= 0.3 is 6.18 Å². The van der Waals surface area contributed by atoms with Crippen LogP contribution in [0.5, 0.6) is 0 Å². The maximum Gasteiger partial charge on any atom is 0.453 e. The van der Waals surface area contributed by atoms with Crippen LogP contribution in [0.2, 0.25) is 0 Å². The van der Waals surface area contributed by atoms with E-state index in [1.807, 2.05) is 0 Å². The molecule has 13 heteroatoms. The van der Waals surface area contributed by atoms with Gasteiger partial charge in [0.1, 0.15) is 11.6 Å². The number of nitrogens with zero attached hydrogens (tertiary/aromatic N) is 4. The van der Waals surface area contributed by atoms with E-state index in [1.54, 1.807) is 6.92 Å². The average Bonchev–Trinajstić information content (AvgIpc) is 3.15. The van der Waals surface area contributed by atoms with Crippen molar-refractivity contribution in [2.45, 2.75) is 18.0 Å². The average molecular weight is 466 g/mol. The van der Waals surface area contributed by atoms with Crippen LogP contribution in [0.25, 0.3) is 5.78 Å². The predicted molar refractivity (Wildman–Crippen MR) is 107 cm³/mol. The summed E-state index contributed by atoms with van der Waals surface area (Å²) in [5.41, 5.74) is 0.986. The van der Waals surface area contributed by atoms with E-state index < -0.39 is 27.8 Å². The van der Waals surface area contributed by atoms with Gasteiger partial charge < -0.3 is 5.32 Å². The fraction of sp³-hybridized carbons (Fsp3) is 0.105. The monoisotopic (exact) mass is 466 g/mol. The second kappa shape index (κ2) is 7.75. The number of hydrogen-bond acceptors (Lipinski definition) is 6. The maximum absolute atomic E-state index is 13.0. The zero-order valence-electron chi connectivity index (χ0n) is 16.2. The molecule has 8 nitrogen and oxygen atoms in total. The van der Waals surface area contributed by atoms with Crippen LogP contribution in [0.4, 0.5) is 34.8 Å². The number of hydrogen-bond donors (Lipinski definition) is 2. The minimum Gasteiger partial charge on any atom is -0.340 e. The van der Waals surface area contributed by atoms with Gasteiger partial charge in [0.25, 0.3) is 21.6 Å². The zero-order valence-corrected chi connectivity index (χ0v) is 17.0. The van der Waals surface area contributed by atoms with E-state index in [2.05, 4.69) is 25.1 Å². The molecule has 0 aliphatic rings. The van der Waals surface area contributed by atoms with Crippen LogP contribution >= 0.6 is 0 Å². The van der Waals surface area contributed by atoms with Crippen molar-refractivity contribution < 1.29 is 26.0 Å². The molecule has 0 unspecified atom stereocenters. The minimum absolute atomic E-state index is 0.0662. The number of anilines is 3. The van der Waals surface area contributed by atoms with Crippen LogP contribution < -0.4 is 10.0 Å². The smallest absolute Gasteiger partial charge is 0.340 e. The summed E-state index contributed by atoms with van der Waals surface area (Å²) in [5.74, 6) is -1.90. The summed E-state index contributed by atoms with van der Waals surface area (Å²) in [7, 11) is -3.93. The molecule has 0 saturated heterocycles. The van der Waals surface area contributed by atoms with Crippen molar-refractivity contribution >= 4 is 33.0 Å². The van der Waals surface area contributed by atoms with Crippen molar-refractivity contribution in [3.63, 3.8) is 0 Å².